The standard InChI is InChI=1S/C16H14FNO2/c1-11-3-5-14(17)8-16(11)20-10-13-7-12(9-18)4-6-15(13)19-2/h3-8H,10H2,1-2H3. The summed E-state index contributed by atoms with van der Waals surface area (Å²) in [6.07, 6.45) is 0. The van der Waals surface area contributed by atoms with Gasteiger partial charge in [-0.05, 0) is 36.8 Å². The molecule has 0 amide bonds. The van der Waals surface area contributed by atoms with Gasteiger partial charge in [-0.15, -0.1) is 0 Å². The number of ether oxygens (including phenoxy) is 2. The van der Waals surface area contributed by atoms with Crippen LogP contribution in [0.25, 0.3) is 0 Å². The quantitative estimate of drug-likeness (QED) is 0.853. The van der Waals surface area contributed by atoms with Crippen molar-refractivity contribution in [3.8, 4) is 17.6 Å². The first-order valence-electron chi connectivity index (χ1n) is 6.10. The fraction of sp³-hybridized carbons (Fsp3) is 0.188. The Morgan fingerprint density at radius 1 is 1.15 bits per heavy atom. The number of benzene rings is 2. The summed E-state index contributed by atoms with van der Waals surface area (Å²) >= 11 is 0. The van der Waals surface area contributed by atoms with Crippen LogP contribution < -0.4 is 9.47 Å². The summed E-state index contributed by atoms with van der Waals surface area (Å²) in [5.74, 6) is 0.774. The molecule has 2 aromatic carbocycles. The van der Waals surface area contributed by atoms with E-state index in [4.69, 9.17) is 14.7 Å². The molecule has 3 nitrogen and oxygen atoms in total. The Hall–Kier alpha value is -2.54. The number of methoxy groups -OCH3 is 1. The number of nitriles is 1. The number of rotatable bonds is 4. The molecule has 0 heterocycles. The van der Waals surface area contributed by atoms with E-state index in [1.165, 1.54) is 12.1 Å². The number of aryl methyl sites for hydroxylation is 1. The van der Waals surface area contributed by atoms with E-state index >= 15 is 0 Å². The lowest BCUT2D eigenvalue weighted by Crippen LogP contribution is -2.00. The molecule has 4 heteroatoms. The van der Waals surface area contributed by atoms with E-state index in [1.807, 2.05) is 6.92 Å². The molecular weight excluding hydrogens is 257 g/mol. The molecule has 20 heavy (non-hydrogen) atoms. The lowest BCUT2D eigenvalue weighted by atomic mass is 10.1. The summed E-state index contributed by atoms with van der Waals surface area (Å²) in [7, 11) is 1.55. The molecule has 0 aliphatic rings. The number of hydrogen-bond donors (Lipinski definition) is 0. The summed E-state index contributed by atoms with van der Waals surface area (Å²) in [5.41, 5.74) is 2.12. The predicted octanol–water partition coefficient (Wildman–Crippen LogP) is 3.59. The fourth-order valence-electron chi connectivity index (χ4n) is 1.85. The Balaban J connectivity index is 2.22. The van der Waals surface area contributed by atoms with Crippen molar-refractivity contribution in [2.45, 2.75) is 13.5 Å². The SMILES string of the molecule is COc1ccc(C#N)cc1COc1cc(F)ccc1C. The van der Waals surface area contributed by atoms with Crippen LogP contribution in [0.5, 0.6) is 11.5 Å². The van der Waals surface area contributed by atoms with Crippen LogP contribution in [-0.4, -0.2) is 7.11 Å². The van der Waals surface area contributed by atoms with Gasteiger partial charge in [0.2, 0.25) is 0 Å². The van der Waals surface area contributed by atoms with E-state index in [2.05, 4.69) is 6.07 Å². The van der Waals surface area contributed by atoms with Crippen molar-refractivity contribution in [3.63, 3.8) is 0 Å². The lowest BCUT2D eigenvalue weighted by molar-refractivity contribution is 0.293. The van der Waals surface area contributed by atoms with Crippen molar-refractivity contribution in [2.75, 3.05) is 7.11 Å². The van der Waals surface area contributed by atoms with Crippen LogP contribution in [0.1, 0.15) is 16.7 Å². The number of nitrogens with zero attached hydrogens (tertiary/aromatic N) is 1. The van der Waals surface area contributed by atoms with Gasteiger partial charge in [-0.1, -0.05) is 6.07 Å². The summed E-state index contributed by atoms with van der Waals surface area (Å²) in [6, 6.07) is 11.6. The minimum Gasteiger partial charge on any atom is -0.496 e. The zero-order valence-corrected chi connectivity index (χ0v) is 11.3. The van der Waals surface area contributed by atoms with Gasteiger partial charge in [-0.3, -0.25) is 0 Å². The Morgan fingerprint density at radius 2 is 1.95 bits per heavy atom. The summed E-state index contributed by atoms with van der Waals surface area (Å²) in [6.45, 7) is 2.06. The van der Waals surface area contributed by atoms with Crippen molar-refractivity contribution in [3.05, 3.63) is 58.9 Å². The largest absolute Gasteiger partial charge is 0.496 e. The molecule has 0 atom stereocenters. The normalized spacial score (nSPS) is 9.90. The van der Waals surface area contributed by atoms with Crippen molar-refractivity contribution in [1.82, 2.24) is 0 Å². The third-order valence-electron chi connectivity index (χ3n) is 2.94. The van der Waals surface area contributed by atoms with Gasteiger partial charge in [-0.25, -0.2) is 4.39 Å². The third-order valence-corrected chi connectivity index (χ3v) is 2.94. The Bertz CT molecular complexity index is 662. The van der Waals surface area contributed by atoms with Gasteiger partial charge in [0.25, 0.3) is 0 Å². The van der Waals surface area contributed by atoms with E-state index in [9.17, 15) is 4.39 Å². The maximum atomic E-state index is 13.2. The molecule has 0 N–H and O–H groups in total. The van der Waals surface area contributed by atoms with Crippen LogP contribution in [0.2, 0.25) is 0 Å². The molecule has 0 bridgehead atoms. The molecule has 0 radical (unpaired) electrons. The highest BCUT2D eigenvalue weighted by atomic mass is 19.1. The Kier molecular flexibility index (Phi) is 4.21. The van der Waals surface area contributed by atoms with Crippen molar-refractivity contribution in [2.24, 2.45) is 0 Å². The molecule has 0 aromatic heterocycles. The van der Waals surface area contributed by atoms with E-state index in [0.717, 1.165) is 11.1 Å². The van der Waals surface area contributed by atoms with Crippen molar-refractivity contribution >= 4 is 0 Å². The number of halogens is 1. The Labute approximate surface area is 117 Å². The topological polar surface area (TPSA) is 42.2 Å². The van der Waals surface area contributed by atoms with Crippen LogP contribution >= 0.6 is 0 Å². The summed E-state index contributed by atoms with van der Waals surface area (Å²) < 4.78 is 24.0. The molecule has 0 fully saturated rings. The zero-order chi connectivity index (χ0) is 14.5. The Morgan fingerprint density at radius 3 is 2.65 bits per heavy atom. The molecule has 0 aliphatic carbocycles. The van der Waals surface area contributed by atoms with Gasteiger partial charge in [-0.2, -0.15) is 5.26 Å². The maximum absolute atomic E-state index is 13.2. The highest BCUT2D eigenvalue weighted by Crippen LogP contribution is 2.24. The predicted molar refractivity (Wildman–Crippen MR) is 73.2 cm³/mol. The molecule has 2 aromatic rings. The van der Waals surface area contributed by atoms with E-state index in [1.54, 1.807) is 31.4 Å². The number of hydrogen-bond acceptors (Lipinski definition) is 3. The third kappa shape index (κ3) is 3.07. The first kappa shape index (κ1) is 13.9. The molecule has 0 unspecified atom stereocenters. The van der Waals surface area contributed by atoms with Crippen molar-refractivity contribution in [1.29, 1.82) is 5.26 Å². The summed E-state index contributed by atoms with van der Waals surface area (Å²) in [5, 5.41) is 8.91. The van der Waals surface area contributed by atoms with Crippen LogP contribution in [-0.2, 0) is 6.61 Å². The van der Waals surface area contributed by atoms with Crippen LogP contribution in [0, 0.1) is 24.1 Å². The average Bonchev–Trinajstić information content (AvgIpc) is 2.47. The van der Waals surface area contributed by atoms with Gasteiger partial charge < -0.3 is 9.47 Å². The summed E-state index contributed by atoms with van der Waals surface area (Å²) in [4.78, 5) is 0. The van der Waals surface area contributed by atoms with E-state index in [0.29, 0.717) is 17.1 Å². The van der Waals surface area contributed by atoms with Gasteiger partial charge in [0.1, 0.15) is 23.9 Å². The first-order valence-corrected chi connectivity index (χ1v) is 6.10. The van der Waals surface area contributed by atoms with Gasteiger partial charge in [0.15, 0.2) is 0 Å². The maximum Gasteiger partial charge on any atom is 0.126 e. The first-order chi connectivity index (χ1) is 9.63. The van der Waals surface area contributed by atoms with Gasteiger partial charge in [0.05, 0.1) is 18.7 Å². The molecular formula is C16H14FNO2. The molecule has 0 saturated heterocycles. The second-order valence-corrected chi connectivity index (χ2v) is 4.34. The molecule has 0 aliphatic heterocycles. The van der Waals surface area contributed by atoms with Crippen LogP contribution in [0.3, 0.4) is 0 Å². The van der Waals surface area contributed by atoms with Crippen LogP contribution in [0.4, 0.5) is 4.39 Å². The van der Waals surface area contributed by atoms with Gasteiger partial charge in [0, 0.05) is 11.6 Å². The van der Waals surface area contributed by atoms with Gasteiger partial charge >= 0.3 is 0 Å². The molecule has 0 spiro atoms. The lowest BCUT2D eigenvalue weighted by Gasteiger charge is -2.12. The highest BCUT2D eigenvalue weighted by molar-refractivity contribution is 5.42. The minimum atomic E-state index is -0.344. The van der Waals surface area contributed by atoms with E-state index in [-0.39, 0.29) is 12.4 Å². The molecule has 102 valence electrons. The zero-order valence-electron chi connectivity index (χ0n) is 11.3. The molecule has 2 rings (SSSR count). The smallest absolute Gasteiger partial charge is 0.126 e. The van der Waals surface area contributed by atoms with Crippen molar-refractivity contribution < 1.29 is 13.9 Å². The average molecular weight is 271 g/mol. The van der Waals surface area contributed by atoms with Crippen LogP contribution in [0.15, 0.2) is 36.4 Å². The molecule has 0 saturated carbocycles. The van der Waals surface area contributed by atoms with E-state index < -0.39 is 0 Å². The minimum absolute atomic E-state index is 0.211. The second kappa shape index (κ2) is 6.07. The monoisotopic (exact) mass is 271 g/mol. The fourth-order valence-corrected chi connectivity index (χ4v) is 1.85. The highest BCUT2D eigenvalue weighted by Gasteiger charge is 2.07. The second-order valence-electron chi connectivity index (χ2n) is 4.34.